The second-order valence-electron chi connectivity index (χ2n) is 4.90. The number of aryl methyl sites for hydroxylation is 1. The number of nitrogens with one attached hydrogen (secondary N) is 1. The Morgan fingerprint density at radius 2 is 2.11 bits per heavy atom. The van der Waals surface area contributed by atoms with Crippen LogP contribution >= 0.6 is 0 Å². The number of aromatic nitrogens is 2. The van der Waals surface area contributed by atoms with Crippen molar-refractivity contribution in [1.82, 2.24) is 15.3 Å². The van der Waals surface area contributed by atoms with Gasteiger partial charge in [-0.3, -0.25) is 0 Å². The van der Waals surface area contributed by atoms with E-state index in [4.69, 9.17) is 4.74 Å². The normalized spacial score (nSPS) is 16.8. The van der Waals surface area contributed by atoms with Gasteiger partial charge in [0, 0.05) is 31.4 Å². The van der Waals surface area contributed by atoms with Gasteiger partial charge in [-0.05, 0) is 33.7 Å². The molecule has 1 aromatic rings. The summed E-state index contributed by atoms with van der Waals surface area (Å²) in [6.07, 6.45) is 1.26. The van der Waals surface area contributed by atoms with Crippen molar-refractivity contribution in [2.75, 3.05) is 31.1 Å². The molecule has 2 heterocycles. The minimum Gasteiger partial charge on any atom is -0.475 e. The van der Waals surface area contributed by atoms with Gasteiger partial charge in [-0.15, -0.1) is 0 Å². The molecule has 0 radical (unpaired) electrons. The molecule has 18 heavy (non-hydrogen) atoms. The Morgan fingerprint density at radius 3 is 2.89 bits per heavy atom. The summed E-state index contributed by atoms with van der Waals surface area (Å²) in [5.74, 6) is 1.46. The van der Waals surface area contributed by atoms with Crippen LogP contribution in [0.25, 0.3) is 0 Å². The number of ether oxygens (including phenoxy) is 1. The number of hydrogen-bond acceptors (Lipinski definition) is 5. The molecule has 0 unspecified atom stereocenters. The largest absolute Gasteiger partial charge is 0.475 e. The van der Waals surface area contributed by atoms with Gasteiger partial charge in [-0.1, -0.05) is 0 Å². The molecule has 0 bridgehead atoms. The van der Waals surface area contributed by atoms with Gasteiger partial charge in [-0.25, -0.2) is 4.98 Å². The van der Waals surface area contributed by atoms with Crippen molar-refractivity contribution in [3.8, 4) is 5.88 Å². The molecule has 0 aromatic carbocycles. The van der Waals surface area contributed by atoms with E-state index < -0.39 is 0 Å². The molecule has 0 saturated carbocycles. The molecule has 1 fully saturated rings. The molecule has 1 aliphatic rings. The predicted molar refractivity (Wildman–Crippen MR) is 72.2 cm³/mol. The van der Waals surface area contributed by atoms with Crippen LogP contribution in [0.5, 0.6) is 5.88 Å². The lowest BCUT2D eigenvalue weighted by Crippen LogP contribution is -2.29. The molecular weight excluding hydrogens is 228 g/mol. The Labute approximate surface area is 109 Å². The van der Waals surface area contributed by atoms with Crippen LogP contribution in [-0.4, -0.2) is 42.3 Å². The molecule has 100 valence electrons. The minimum atomic E-state index is 0.137. The maximum atomic E-state index is 5.66. The molecule has 5 nitrogen and oxygen atoms in total. The van der Waals surface area contributed by atoms with Crippen LogP contribution in [0.15, 0.2) is 6.07 Å². The number of rotatable bonds is 3. The first-order valence-electron chi connectivity index (χ1n) is 6.63. The van der Waals surface area contributed by atoms with Gasteiger partial charge in [0.05, 0.1) is 6.10 Å². The number of hydrogen-bond donors (Lipinski definition) is 1. The summed E-state index contributed by atoms with van der Waals surface area (Å²) in [4.78, 5) is 11.2. The molecule has 1 aromatic heterocycles. The molecule has 2 rings (SSSR count). The first-order chi connectivity index (χ1) is 8.65. The molecule has 0 amide bonds. The monoisotopic (exact) mass is 250 g/mol. The van der Waals surface area contributed by atoms with Crippen molar-refractivity contribution < 1.29 is 4.74 Å². The summed E-state index contributed by atoms with van der Waals surface area (Å²) in [7, 11) is 0. The van der Waals surface area contributed by atoms with Crippen molar-refractivity contribution >= 4 is 5.95 Å². The molecule has 0 aliphatic carbocycles. The van der Waals surface area contributed by atoms with Gasteiger partial charge in [0.25, 0.3) is 0 Å². The Morgan fingerprint density at radius 1 is 1.28 bits per heavy atom. The van der Waals surface area contributed by atoms with Crippen LogP contribution in [0.1, 0.15) is 26.0 Å². The highest BCUT2D eigenvalue weighted by Crippen LogP contribution is 2.17. The van der Waals surface area contributed by atoms with Crippen LogP contribution in [0.4, 0.5) is 5.95 Å². The zero-order chi connectivity index (χ0) is 13.0. The Bertz CT molecular complexity index is 387. The Balaban J connectivity index is 2.17. The van der Waals surface area contributed by atoms with Crippen LogP contribution in [-0.2, 0) is 0 Å². The Kier molecular flexibility index (Phi) is 4.36. The second-order valence-corrected chi connectivity index (χ2v) is 4.90. The van der Waals surface area contributed by atoms with Crippen LogP contribution in [0.2, 0.25) is 0 Å². The summed E-state index contributed by atoms with van der Waals surface area (Å²) in [6.45, 7) is 9.99. The SMILES string of the molecule is Cc1cc(OC(C)C)nc(N2CCCNCC2)n1. The van der Waals surface area contributed by atoms with Crippen molar-refractivity contribution in [2.24, 2.45) is 0 Å². The third kappa shape index (κ3) is 3.57. The number of anilines is 1. The van der Waals surface area contributed by atoms with E-state index in [0.717, 1.165) is 44.2 Å². The highest BCUT2D eigenvalue weighted by molar-refractivity contribution is 5.34. The standard InChI is InChI=1S/C13H22N4O/c1-10(2)18-12-9-11(3)15-13(16-12)17-7-4-5-14-6-8-17/h9-10,14H,4-8H2,1-3H3. The van der Waals surface area contributed by atoms with E-state index >= 15 is 0 Å². The maximum absolute atomic E-state index is 5.66. The molecule has 0 atom stereocenters. The average molecular weight is 250 g/mol. The first kappa shape index (κ1) is 13.1. The fourth-order valence-corrected chi connectivity index (χ4v) is 2.01. The molecule has 1 saturated heterocycles. The number of nitrogens with zero attached hydrogens (tertiary/aromatic N) is 3. The fourth-order valence-electron chi connectivity index (χ4n) is 2.01. The summed E-state index contributed by atoms with van der Waals surface area (Å²) in [5.41, 5.74) is 0.952. The predicted octanol–water partition coefficient (Wildman–Crippen LogP) is 1.37. The average Bonchev–Trinajstić information content (AvgIpc) is 2.55. The third-order valence-electron chi connectivity index (χ3n) is 2.80. The van der Waals surface area contributed by atoms with Crippen molar-refractivity contribution in [3.05, 3.63) is 11.8 Å². The van der Waals surface area contributed by atoms with Crippen LogP contribution in [0.3, 0.4) is 0 Å². The van der Waals surface area contributed by atoms with E-state index in [-0.39, 0.29) is 6.10 Å². The topological polar surface area (TPSA) is 50.3 Å². The van der Waals surface area contributed by atoms with Gasteiger partial charge in [-0.2, -0.15) is 4.98 Å². The molecule has 5 heteroatoms. The van der Waals surface area contributed by atoms with Crippen LogP contribution in [0, 0.1) is 6.92 Å². The fraction of sp³-hybridized carbons (Fsp3) is 0.692. The molecular formula is C13H22N4O. The summed E-state index contributed by atoms with van der Waals surface area (Å²) in [6, 6.07) is 1.89. The first-order valence-corrected chi connectivity index (χ1v) is 6.63. The molecule has 1 N–H and O–H groups in total. The van der Waals surface area contributed by atoms with Gasteiger partial charge >= 0.3 is 0 Å². The van der Waals surface area contributed by atoms with E-state index in [2.05, 4.69) is 20.2 Å². The molecule has 1 aliphatic heterocycles. The Hall–Kier alpha value is -1.36. The van der Waals surface area contributed by atoms with Gasteiger partial charge in [0.2, 0.25) is 11.8 Å². The van der Waals surface area contributed by atoms with Gasteiger partial charge in [0.1, 0.15) is 0 Å². The zero-order valence-electron chi connectivity index (χ0n) is 11.4. The van der Waals surface area contributed by atoms with E-state index in [0.29, 0.717) is 5.88 Å². The molecule has 0 spiro atoms. The van der Waals surface area contributed by atoms with E-state index in [1.54, 1.807) is 0 Å². The zero-order valence-corrected chi connectivity index (χ0v) is 11.4. The maximum Gasteiger partial charge on any atom is 0.228 e. The second kappa shape index (κ2) is 6.00. The lowest BCUT2D eigenvalue weighted by Gasteiger charge is -2.21. The minimum absolute atomic E-state index is 0.137. The van der Waals surface area contributed by atoms with Crippen LogP contribution < -0.4 is 15.0 Å². The summed E-state index contributed by atoms with van der Waals surface area (Å²) in [5, 5.41) is 3.38. The van der Waals surface area contributed by atoms with Crippen molar-refractivity contribution in [2.45, 2.75) is 33.3 Å². The van der Waals surface area contributed by atoms with Crippen molar-refractivity contribution in [1.29, 1.82) is 0 Å². The lowest BCUT2D eigenvalue weighted by molar-refractivity contribution is 0.232. The summed E-state index contributed by atoms with van der Waals surface area (Å²) >= 11 is 0. The van der Waals surface area contributed by atoms with E-state index in [1.165, 1.54) is 0 Å². The quantitative estimate of drug-likeness (QED) is 0.878. The highest BCUT2D eigenvalue weighted by atomic mass is 16.5. The summed E-state index contributed by atoms with van der Waals surface area (Å²) < 4.78 is 5.66. The van der Waals surface area contributed by atoms with Crippen molar-refractivity contribution in [3.63, 3.8) is 0 Å². The third-order valence-corrected chi connectivity index (χ3v) is 2.80. The highest BCUT2D eigenvalue weighted by Gasteiger charge is 2.14. The van der Waals surface area contributed by atoms with Gasteiger partial charge in [0.15, 0.2) is 0 Å². The van der Waals surface area contributed by atoms with Gasteiger partial charge < -0.3 is 15.0 Å². The van der Waals surface area contributed by atoms with E-state index in [1.807, 2.05) is 26.8 Å². The smallest absolute Gasteiger partial charge is 0.228 e. The van der Waals surface area contributed by atoms with E-state index in [9.17, 15) is 0 Å². The lowest BCUT2D eigenvalue weighted by atomic mass is 10.4.